The van der Waals surface area contributed by atoms with Gasteiger partial charge in [-0.2, -0.15) is 0 Å². The molecule has 1 unspecified atom stereocenters. The Morgan fingerprint density at radius 2 is 1.65 bits per heavy atom. The molecule has 0 heterocycles. The number of benzene rings is 1. The minimum atomic E-state index is -4.04. The van der Waals surface area contributed by atoms with Crippen molar-refractivity contribution in [2.24, 2.45) is 0 Å². The van der Waals surface area contributed by atoms with Gasteiger partial charge in [-0.3, -0.25) is 0 Å². The fraction of sp³-hybridized carbons (Fsp3) is 0.571. The van der Waals surface area contributed by atoms with Crippen LogP contribution in [0.4, 0.5) is 0 Å². The van der Waals surface area contributed by atoms with Crippen molar-refractivity contribution < 1.29 is 42.5 Å². The summed E-state index contributed by atoms with van der Waals surface area (Å²) in [5, 5.41) is 1.29. The first-order valence-electron chi connectivity index (χ1n) is 6.46. The largest absolute Gasteiger partial charge is 1.00 e. The standard InChI is InChI=1S/C14H23O3PS.Na/c1-14(2,3)12-6-8-13(9-7-12)18-10-4-5-11-19(15,16)17;/h6-9,18H,4-5,10-11H2,1-3H3,(H,15,16,17);/q;+1/p-1. The van der Waals surface area contributed by atoms with Gasteiger partial charge in [0.1, 0.15) is 0 Å². The van der Waals surface area contributed by atoms with Crippen molar-refractivity contribution in [3.05, 3.63) is 29.8 Å². The third-order valence-electron chi connectivity index (χ3n) is 2.90. The summed E-state index contributed by atoms with van der Waals surface area (Å²) in [6, 6.07) is 8.60. The van der Waals surface area contributed by atoms with Gasteiger partial charge in [-0.25, -0.2) is 8.42 Å². The molecule has 0 aliphatic carbocycles. The summed E-state index contributed by atoms with van der Waals surface area (Å²) in [7, 11) is -3.36. The summed E-state index contributed by atoms with van der Waals surface area (Å²) in [6.07, 6.45) is 2.21. The van der Waals surface area contributed by atoms with Crippen molar-refractivity contribution in [2.45, 2.75) is 39.0 Å². The Hall–Kier alpha value is 0.560. The van der Waals surface area contributed by atoms with Crippen LogP contribution >= 0.6 is 8.58 Å². The number of hydrogen-bond donors (Lipinski definition) is 0. The van der Waals surface area contributed by atoms with E-state index in [1.54, 1.807) is 0 Å². The minimum absolute atomic E-state index is 0. The van der Waals surface area contributed by atoms with E-state index in [2.05, 4.69) is 45.0 Å². The summed E-state index contributed by atoms with van der Waals surface area (Å²) in [5.74, 6) is -0.236. The zero-order valence-electron chi connectivity index (χ0n) is 12.8. The molecule has 0 aliphatic heterocycles. The third kappa shape index (κ3) is 8.76. The van der Waals surface area contributed by atoms with Crippen molar-refractivity contribution in [3.63, 3.8) is 0 Å². The van der Waals surface area contributed by atoms with E-state index < -0.39 is 10.1 Å². The minimum Gasteiger partial charge on any atom is -0.748 e. The predicted octanol–water partition coefficient (Wildman–Crippen LogP) is -0.383. The van der Waals surface area contributed by atoms with Crippen molar-refractivity contribution in [1.29, 1.82) is 0 Å². The van der Waals surface area contributed by atoms with E-state index in [0.717, 1.165) is 12.6 Å². The first-order chi connectivity index (χ1) is 8.68. The molecule has 0 radical (unpaired) electrons. The van der Waals surface area contributed by atoms with Gasteiger partial charge >= 0.3 is 29.6 Å². The molecule has 0 aliphatic rings. The van der Waals surface area contributed by atoms with Gasteiger partial charge in [0.05, 0.1) is 10.1 Å². The molecule has 20 heavy (non-hydrogen) atoms. The molecule has 6 heteroatoms. The average molecular weight is 324 g/mol. The normalized spacial score (nSPS) is 12.6. The van der Waals surface area contributed by atoms with E-state index in [1.807, 2.05) is 0 Å². The van der Waals surface area contributed by atoms with Gasteiger partial charge in [-0.05, 0) is 35.3 Å². The molecular weight excluding hydrogens is 302 g/mol. The Morgan fingerprint density at radius 1 is 1.10 bits per heavy atom. The van der Waals surface area contributed by atoms with Gasteiger partial charge in [0.15, 0.2) is 0 Å². The van der Waals surface area contributed by atoms with Crippen LogP contribution < -0.4 is 34.9 Å². The van der Waals surface area contributed by atoms with Crippen LogP contribution in [0.1, 0.15) is 39.2 Å². The molecule has 0 spiro atoms. The predicted molar refractivity (Wildman–Crippen MR) is 81.8 cm³/mol. The van der Waals surface area contributed by atoms with Gasteiger partial charge in [-0.1, -0.05) is 53.6 Å². The van der Waals surface area contributed by atoms with Crippen molar-refractivity contribution in [3.8, 4) is 0 Å². The number of hydrogen-bond acceptors (Lipinski definition) is 3. The summed E-state index contributed by atoms with van der Waals surface area (Å²) in [6.45, 7) is 6.56. The number of rotatable bonds is 6. The maximum absolute atomic E-state index is 10.4. The molecule has 1 aromatic rings. The van der Waals surface area contributed by atoms with Crippen molar-refractivity contribution in [2.75, 3.05) is 11.9 Å². The number of unbranched alkanes of at least 4 members (excludes halogenated alkanes) is 1. The fourth-order valence-electron chi connectivity index (χ4n) is 1.72. The Balaban J connectivity index is 0.00000361. The van der Waals surface area contributed by atoms with Crippen LogP contribution in [0.15, 0.2) is 24.3 Å². The molecule has 108 valence electrons. The smallest absolute Gasteiger partial charge is 0.748 e. The van der Waals surface area contributed by atoms with Crippen LogP contribution in [0.3, 0.4) is 0 Å². The van der Waals surface area contributed by atoms with E-state index in [-0.39, 0.29) is 40.7 Å². The Morgan fingerprint density at radius 3 is 2.10 bits per heavy atom. The molecule has 0 bridgehead atoms. The molecule has 0 fully saturated rings. The van der Waals surface area contributed by atoms with Gasteiger partial charge in [0, 0.05) is 5.75 Å². The van der Waals surface area contributed by atoms with Crippen LogP contribution in [0.2, 0.25) is 0 Å². The second-order valence-corrected chi connectivity index (χ2v) is 8.68. The van der Waals surface area contributed by atoms with Gasteiger partial charge in [0.25, 0.3) is 0 Å². The van der Waals surface area contributed by atoms with Crippen LogP contribution in [0.5, 0.6) is 0 Å². The molecule has 1 rings (SSSR count). The molecular formula is C14H22NaO3PS. The Kier molecular flexibility index (Phi) is 9.12. The maximum Gasteiger partial charge on any atom is 1.00 e. The van der Waals surface area contributed by atoms with Crippen LogP contribution in [-0.2, 0) is 15.5 Å². The second-order valence-electron chi connectivity index (χ2n) is 5.72. The van der Waals surface area contributed by atoms with Crippen LogP contribution in [0.25, 0.3) is 0 Å². The van der Waals surface area contributed by atoms with Crippen molar-refractivity contribution in [1.82, 2.24) is 0 Å². The van der Waals surface area contributed by atoms with Crippen molar-refractivity contribution >= 4 is 24.0 Å². The molecule has 0 aromatic heterocycles. The van der Waals surface area contributed by atoms with E-state index in [0.29, 0.717) is 15.0 Å². The first kappa shape index (κ1) is 20.6. The van der Waals surface area contributed by atoms with Gasteiger partial charge < -0.3 is 4.55 Å². The summed E-state index contributed by atoms with van der Waals surface area (Å²) in [5.41, 5.74) is 1.49. The molecule has 1 atom stereocenters. The summed E-state index contributed by atoms with van der Waals surface area (Å²) in [4.78, 5) is 0. The van der Waals surface area contributed by atoms with E-state index in [4.69, 9.17) is 0 Å². The fourth-order valence-corrected chi connectivity index (χ4v) is 3.40. The van der Waals surface area contributed by atoms with E-state index in [9.17, 15) is 13.0 Å². The topological polar surface area (TPSA) is 57.2 Å². The second kappa shape index (κ2) is 8.87. The molecule has 0 amide bonds. The maximum atomic E-state index is 10.4. The molecule has 0 N–H and O–H groups in total. The molecule has 3 nitrogen and oxygen atoms in total. The Bertz CT molecular complexity index is 492. The van der Waals surface area contributed by atoms with Crippen LogP contribution in [0, 0.1) is 0 Å². The van der Waals surface area contributed by atoms with Crippen LogP contribution in [-0.4, -0.2) is 24.9 Å². The molecule has 0 saturated heterocycles. The summed E-state index contributed by atoms with van der Waals surface area (Å²) >= 11 is 0. The van der Waals surface area contributed by atoms with E-state index in [1.165, 1.54) is 10.9 Å². The van der Waals surface area contributed by atoms with E-state index >= 15 is 0 Å². The molecule has 0 saturated carbocycles. The zero-order chi connectivity index (χ0) is 14.5. The average Bonchev–Trinajstić information content (AvgIpc) is 2.26. The quantitative estimate of drug-likeness (QED) is 0.310. The zero-order valence-corrected chi connectivity index (χ0v) is 16.6. The Labute approximate surface area is 146 Å². The van der Waals surface area contributed by atoms with Gasteiger partial charge in [0.2, 0.25) is 0 Å². The first-order valence-corrected chi connectivity index (χ1v) is 9.25. The summed E-state index contributed by atoms with van der Waals surface area (Å²) < 4.78 is 31.3. The third-order valence-corrected chi connectivity index (χ3v) is 5.03. The SMILES string of the molecule is CC(C)(C)c1ccc(PCCCCS(=O)(=O)[O-])cc1.[Na+]. The van der Waals surface area contributed by atoms with Gasteiger partial charge in [-0.15, -0.1) is 0 Å². The molecule has 1 aromatic carbocycles. The monoisotopic (exact) mass is 324 g/mol.